The molecule has 1 rings (SSSR count). The summed E-state index contributed by atoms with van der Waals surface area (Å²) in [5.41, 5.74) is 0. The van der Waals surface area contributed by atoms with Gasteiger partial charge in [0.05, 0.1) is 19.4 Å². The molecule has 108 valence electrons. The van der Waals surface area contributed by atoms with Gasteiger partial charge in [-0.1, -0.05) is 0 Å². The smallest absolute Gasteiger partial charge is 0.148 e. The Labute approximate surface area is 112 Å². The van der Waals surface area contributed by atoms with Crippen LogP contribution >= 0.6 is 0 Å². The van der Waals surface area contributed by atoms with Gasteiger partial charge in [0.1, 0.15) is 5.79 Å². The zero-order valence-electron chi connectivity index (χ0n) is 13.0. The molecule has 1 fully saturated rings. The fraction of sp³-hybridized carbons (Fsp3) is 1.00. The van der Waals surface area contributed by atoms with Gasteiger partial charge in [0, 0.05) is 6.67 Å². The Bertz CT molecular complexity index is 239. The highest BCUT2D eigenvalue weighted by molar-refractivity contribution is 4.94. The summed E-state index contributed by atoms with van der Waals surface area (Å²) < 4.78 is 0. The molecule has 0 aliphatic carbocycles. The molecule has 0 aromatic carbocycles. The SMILES string of the molecule is CC(N(C)C)C(N(C)C)(N(C)C)N1CNCNC1. The van der Waals surface area contributed by atoms with Crippen molar-refractivity contribution in [3.63, 3.8) is 0 Å². The van der Waals surface area contributed by atoms with E-state index >= 15 is 0 Å². The third kappa shape index (κ3) is 2.68. The van der Waals surface area contributed by atoms with Gasteiger partial charge in [-0.15, -0.1) is 0 Å². The summed E-state index contributed by atoms with van der Waals surface area (Å²) in [7, 11) is 12.9. The third-order valence-electron chi connectivity index (χ3n) is 3.97. The molecule has 0 aromatic rings. The zero-order chi connectivity index (χ0) is 13.9. The molecule has 6 nitrogen and oxygen atoms in total. The summed E-state index contributed by atoms with van der Waals surface area (Å²) in [6.45, 7) is 4.93. The van der Waals surface area contributed by atoms with Crippen molar-refractivity contribution in [1.29, 1.82) is 0 Å². The number of hydrogen-bond donors (Lipinski definition) is 2. The van der Waals surface area contributed by atoms with Crippen LogP contribution in [0.25, 0.3) is 0 Å². The first-order valence-electron chi connectivity index (χ1n) is 6.52. The van der Waals surface area contributed by atoms with Crippen LogP contribution in [0.15, 0.2) is 0 Å². The Morgan fingerprint density at radius 1 is 0.944 bits per heavy atom. The fourth-order valence-electron chi connectivity index (χ4n) is 3.08. The minimum Gasteiger partial charge on any atom is -0.302 e. The molecule has 1 aliphatic heterocycles. The first-order chi connectivity index (χ1) is 8.35. The molecular weight excluding hydrogens is 228 g/mol. The number of nitrogens with zero attached hydrogens (tertiary/aromatic N) is 4. The summed E-state index contributed by atoms with van der Waals surface area (Å²) in [4.78, 5) is 9.30. The van der Waals surface area contributed by atoms with Crippen LogP contribution in [0.3, 0.4) is 0 Å². The lowest BCUT2D eigenvalue weighted by atomic mass is 10.1. The van der Waals surface area contributed by atoms with Crippen LogP contribution in [0, 0.1) is 0 Å². The Hall–Kier alpha value is -0.240. The van der Waals surface area contributed by atoms with Gasteiger partial charge in [-0.05, 0) is 49.2 Å². The molecule has 0 saturated carbocycles. The predicted octanol–water partition coefficient (Wildman–Crippen LogP) is -0.919. The highest BCUT2D eigenvalue weighted by Gasteiger charge is 2.47. The van der Waals surface area contributed by atoms with Crippen LogP contribution in [-0.2, 0) is 0 Å². The minimum absolute atomic E-state index is 0.149. The Morgan fingerprint density at radius 2 is 1.39 bits per heavy atom. The van der Waals surface area contributed by atoms with Crippen LogP contribution in [0.4, 0.5) is 0 Å². The van der Waals surface area contributed by atoms with Crippen molar-refractivity contribution in [3.8, 4) is 0 Å². The Morgan fingerprint density at radius 3 is 1.72 bits per heavy atom. The van der Waals surface area contributed by atoms with E-state index in [0.717, 1.165) is 20.0 Å². The summed E-state index contributed by atoms with van der Waals surface area (Å²) in [5.74, 6) is -0.149. The Balaban J connectivity index is 3.11. The molecule has 1 heterocycles. The van der Waals surface area contributed by atoms with Gasteiger partial charge in [-0.2, -0.15) is 0 Å². The van der Waals surface area contributed by atoms with E-state index in [9.17, 15) is 0 Å². The molecule has 0 spiro atoms. The molecule has 0 bridgehead atoms. The second kappa shape index (κ2) is 6.27. The van der Waals surface area contributed by atoms with Gasteiger partial charge in [0.25, 0.3) is 0 Å². The zero-order valence-corrected chi connectivity index (χ0v) is 13.0. The molecule has 6 heteroatoms. The molecule has 1 saturated heterocycles. The number of nitrogens with one attached hydrogen (secondary N) is 2. The lowest BCUT2D eigenvalue weighted by Crippen LogP contribution is -2.77. The second-order valence-electron chi connectivity index (χ2n) is 5.65. The quantitative estimate of drug-likeness (QED) is 0.621. The molecule has 18 heavy (non-hydrogen) atoms. The normalized spacial score (nSPS) is 21.0. The summed E-state index contributed by atoms with van der Waals surface area (Å²) in [5, 5.41) is 6.77. The fourth-order valence-corrected chi connectivity index (χ4v) is 3.08. The molecule has 1 unspecified atom stereocenters. The Kier molecular flexibility index (Phi) is 5.51. The highest BCUT2D eigenvalue weighted by atomic mass is 15.6. The van der Waals surface area contributed by atoms with E-state index < -0.39 is 0 Å². The first-order valence-corrected chi connectivity index (χ1v) is 6.52. The van der Waals surface area contributed by atoms with Gasteiger partial charge in [-0.3, -0.25) is 20.4 Å². The third-order valence-corrected chi connectivity index (χ3v) is 3.97. The van der Waals surface area contributed by atoms with E-state index in [1.807, 2.05) is 0 Å². The average molecular weight is 258 g/mol. The van der Waals surface area contributed by atoms with Crippen LogP contribution in [0.5, 0.6) is 0 Å². The van der Waals surface area contributed by atoms with E-state index in [-0.39, 0.29) is 5.79 Å². The van der Waals surface area contributed by atoms with Crippen molar-refractivity contribution in [2.75, 3.05) is 62.3 Å². The number of likely N-dealkylation sites (N-methyl/N-ethyl adjacent to an activating group) is 3. The van der Waals surface area contributed by atoms with E-state index in [1.165, 1.54) is 0 Å². The molecule has 2 N–H and O–H groups in total. The van der Waals surface area contributed by atoms with Gasteiger partial charge in [0.15, 0.2) is 0 Å². The van der Waals surface area contributed by atoms with Gasteiger partial charge >= 0.3 is 0 Å². The van der Waals surface area contributed by atoms with Crippen LogP contribution in [-0.4, -0.2) is 93.7 Å². The lowest BCUT2D eigenvalue weighted by molar-refractivity contribution is -0.179. The van der Waals surface area contributed by atoms with Gasteiger partial charge < -0.3 is 4.90 Å². The summed E-state index contributed by atoms with van der Waals surface area (Å²) in [6.07, 6.45) is 0. The summed E-state index contributed by atoms with van der Waals surface area (Å²) in [6, 6.07) is 0.365. The van der Waals surface area contributed by atoms with Gasteiger partial charge in [0.2, 0.25) is 0 Å². The van der Waals surface area contributed by atoms with E-state index in [4.69, 9.17) is 0 Å². The van der Waals surface area contributed by atoms with Crippen molar-refractivity contribution >= 4 is 0 Å². The standard InChI is InChI=1S/C12H30N6/c1-11(15(2)3)12(16(4)5,17(6)7)18-9-13-8-14-10-18/h11,13-14H,8-10H2,1-7H3. The molecule has 0 aromatic heterocycles. The average Bonchev–Trinajstić information content (AvgIpc) is 2.30. The van der Waals surface area contributed by atoms with Gasteiger partial charge in [-0.25, -0.2) is 4.90 Å². The lowest BCUT2D eigenvalue weighted by Gasteiger charge is -2.57. The van der Waals surface area contributed by atoms with Crippen LogP contribution in [0.1, 0.15) is 6.92 Å². The second-order valence-corrected chi connectivity index (χ2v) is 5.65. The maximum absolute atomic E-state index is 3.39. The molecule has 1 atom stereocenters. The van der Waals surface area contributed by atoms with Crippen molar-refractivity contribution in [2.45, 2.75) is 18.8 Å². The van der Waals surface area contributed by atoms with Crippen LogP contribution in [0.2, 0.25) is 0 Å². The number of rotatable bonds is 5. The predicted molar refractivity (Wildman–Crippen MR) is 76.0 cm³/mol. The van der Waals surface area contributed by atoms with Crippen molar-refractivity contribution in [1.82, 2.24) is 30.2 Å². The monoisotopic (exact) mass is 258 g/mol. The maximum Gasteiger partial charge on any atom is 0.148 e. The molecule has 0 amide bonds. The summed E-state index contributed by atoms with van der Waals surface area (Å²) >= 11 is 0. The molecule has 0 radical (unpaired) electrons. The number of hydrogen-bond acceptors (Lipinski definition) is 6. The van der Waals surface area contributed by atoms with E-state index in [1.54, 1.807) is 0 Å². The molecular formula is C12H30N6. The minimum atomic E-state index is -0.149. The van der Waals surface area contributed by atoms with E-state index in [2.05, 4.69) is 79.4 Å². The first kappa shape index (κ1) is 15.8. The largest absolute Gasteiger partial charge is 0.302 e. The van der Waals surface area contributed by atoms with Crippen LogP contribution < -0.4 is 10.6 Å². The maximum atomic E-state index is 3.39. The van der Waals surface area contributed by atoms with Crippen molar-refractivity contribution < 1.29 is 0 Å². The van der Waals surface area contributed by atoms with E-state index in [0.29, 0.717) is 6.04 Å². The molecule has 1 aliphatic rings. The topological polar surface area (TPSA) is 37.0 Å². The highest BCUT2D eigenvalue weighted by Crippen LogP contribution is 2.27. The van der Waals surface area contributed by atoms with Crippen molar-refractivity contribution in [2.24, 2.45) is 0 Å². The van der Waals surface area contributed by atoms with Crippen molar-refractivity contribution in [3.05, 3.63) is 0 Å².